The molecule has 3 N–H and O–H groups in total. The molecule has 9 heteroatoms. The number of carbonyl (C=O) groups excluding carboxylic acids is 1. The SMILES string of the molecule is CN=C(NCCCn1nc2n(c1=O)CCCC2)NCC(=O)NC(C)(C)C. The van der Waals surface area contributed by atoms with Gasteiger partial charge in [-0.25, -0.2) is 9.48 Å². The van der Waals surface area contributed by atoms with Gasteiger partial charge < -0.3 is 16.0 Å². The third-order valence-electron chi connectivity index (χ3n) is 4.03. The summed E-state index contributed by atoms with van der Waals surface area (Å²) in [6.07, 6.45) is 3.77. The van der Waals surface area contributed by atoms with Crippen LogP contribution in [0.15, 0.2) is 9.79 Å². The number of carbonyl (C=O) groups is 1. The second-order valence-electron chi connectivity index (χ2n) is 7.53. The highest BCUT2D eigenvalue weighted by Crippen LogP contribution is 2.09. The van der Waals surface area contributed by atoms with E-state index in [-0.39, 0.29) is 23.7 Å². The molecule has 2 rings (SSSR count). The molecule has 1 aromatic rings. The number of guanidine groups is 1. The predicted octanol–water partition coefficient (Wildman–Crippen LogP) is -0.149. The van der Waals surface area contributed by atoms with Gasteiger partial charge in [0.15, 0.2) is 5.96 Å². The van der Waals surface area contributed by atoms with Crippen LogP contribution in [-0.2, 0) is 24.3 Å². The highest BCUT2D eigenvalue weighted by atomic mass is 16.2. The van der Waals surface area contributed by atoms with E-state index in [1.807, 2.05) is 20.8 Å². The van der Waals surface area contributed by atoms with Crippen LogP contribution in [0.1, 0.15) is 45.9 Å². The van der Waals surface area contributed by atoms with E-state index in [2.05, 4.69) is 26.0 Å². The maximum atomic E-state index is 12.3. The van der Waals surface area contributed by atoms with Gasteiger partial charge in [0.1, 0.15) is 5.82 Å². The number of nitrogens with one attached hydrogen (secondary N) is 3. The van der Waals surface area contributed by atoms with E-state index in [0.717, 1.165) is 38.1 Å². The molecular weight excluding hydrogens is 334 g/mol. The van der Waals surface area contributed by atoms with Gasteiger partial charge in [0.25, 0.3) is 0 Å². The minimum Gasteiger partial charge on any atom is -0.356 e. The normalized spacial score (nSPS) is 14.7. The van der Waals surface area contributed by atoms with Crippen molar-refractivity contribution in [2.75, 3.05) is 20.1 Å². The van der Waals surface area contributed by atoms with Crippen LogP contribution in [0, 0.1) is 0 Å². The number of rotatable bonds is 6. The van der Waals surface area contributed by atoms with Crippen molar-refractivity contribution in [2.45, 2.75) is 65.1 Å². The largest absolute Gasteiger partial charge is 0.356 e. The maximum Gasteiger partial charge on any atom is 0.345 e. The minimum atomic E-state index is -0.257. The molecule has 0 saturated heterocycles. The maximum absolute atomic E-state index is 12.3. The van der Waals surface area contributed by atoms with Crippen molar-refractivity contribution >= 4 is 11.9 Å². The summed E-state index contributed by atoms with van der Waals surface area (Å²) in [5, 5.41) is 13.4. The van der Waals surface area contributed by atoms with E-state index < -0.39 is 0 Å². The Morgan fingerprint density at radius 2 is 2.04 bits per heavy atom. The third-order valence-corrected chi connectivity index (χ3v) is 4.03. The van der Waals surface area contributed by atoms with Gasteiger partial charge in [-0.15, -0.1) is 0 Å². The number of aryl methyl sites for hydroxylation is 2. The lowest BCUT2D eigenvalue weighted by Crippen LogP contribution is -2.48. The number of fused-ring (bicyclic) bond motifs is 1. The van der Waals surface area contributed by atoms with Crippen molar-refractivity contribution < 1.29 is 4.79 Å². The van der Waals surface area contributed by atoms with Crippen molar-refractivity contribution in [3.8, 4) is 0 Å². The first-order valence-electron chi connectivity index (χ1n) is 9.22. The van der Waals surface area contributed by atoms with Crippen molar-refractivity contribution in [1.82, 2.24) is 30.3 Å². The Hall–Kier alpha value is -2.32. The Kier molecular flexibility index (Phi) is 6.82. The highest BCUT2D eigenvalue weighted by molar-refractivity contribution is 5.86. The Labute approximate surface area is 154 Å². The molecule has 26 heavy (non-hydrogen) atoms. The van der Waals surface area contributed by atoms with Crippen LogP contribution in [0.25, 0.3) is 0 Å². The zero-order valence-electron chi connectivity index (χ0n) is 16.3. The zero-order valence-corrected chi connectivity index (χ0v) is 16.3. The van der Waals surface area contributed by atoms with Gasteiger partial charge in [-0.1, -0.05) is 0 Å². The minimum absolute atomic E-state index is 0.0129. The van der Waals surface area contributed by atoms with E-state index in [4.69, 9.17) is 0 Å². The third kappa shape index (κ3) is 5.89. The van der Waals surface area contributed by atoms with Gasteiger partial charge >= 0.3 is 5.69 Å². The van der Waals surface area contributed by atoms with Crippen LogP contribution >= 0.6 is 0 Å². The average molecular weight is 365 g/mol. The first-order chi connectivity index (χ1) is 12.3. The van der Waals surface area contributed by atoms with Crippen molar-refractivity contribution in [2.24, 2.45) is 4.99 Å². The summed E-state index contributed by atoms with van der Waals surface area (Å²) in [5.41, 5.74) is -0.270. The van der Waals surface area contributed by atoms with E-state index in [9.17, 15) is 9.59 Å². The summed E-state index contributed by atoms with van der Waals surface area (Å²) in [7, 11) is 1.66. The Morgan fingerprint density at radius 1 is 1.27 bits per heavy atom. The van der Waals surface area contributed by atoms with Crippen LogP contribution in [0.2, 0.25) is 0 Å². The summed E-state index contributed by atoms with van der Waals surface area (Å²) in [6.45, 7) is 7.95. The molecular formula is C17H31N7O2. The molecule has 2 heterocycles. The Bertz CT molecular complexity index is 697. The summed E-state index contributed by atoms with van der Waals surface area (Å²) >= 11 is 0. The lowest BCUT2D eigenvalue weighted by Gasteiger charge is -2.21. The predicted molar refractivity (Wildman–Crippen MR) is 101 cm³/mol. The van der Waals surface area contributed by atoms with Crippen LogP contribution in [0.4, 0.5) is 0 Å². The fourth-order valence-corrected chi connectivity index (χ4v) is 2.88. The van der Waals surface area contributed by atoms with Gasteiger partial charge in [-0.05, 0) is 40.0 Å². The second-order valence-corrected chi connectivity index (χ2v) is 7.53. The number of aromatic nitrogens is 3. The number of hydrogen-bond acceptors (Lipinski definition) is 4. The molecule has 1 aromatic heterocycles. The topological polar surface area (TPSA) is 105 Å². The summed E-state index contributed by atoms with van der Waals surface area (Å²) < 4.78 is 3.33. The molecule has 1 aliphatic rings. The first-order valence-corrected chi connectivity index (χ1v) is 9.22. The molecule has 0 atom stereocenters. The fourth-order valence-electron chi connectivity index (χ4n) is 2.88. The molecule has 0 aromatic carbocycles. The summed E-state index contributed by atoms with van der Waals surface area (Å²) in [4.78, 5) is 28.2. The Morgan fingerprint density at radius 3 is 2.69 bits per heavy atom. The van der Waals surface area contributed by atoms with E-state index >= 15 is 0 Å². The quantitative estimate of drug-likeness (QED) is 0.369. The van der Waals surface area contributed by atoms with Crippen LogP contribution in [0.5, 0.6) is 0 Å². The summed E-state index contributed by atoms with van der Waals surface area (Å²) in [6, 6.07) is 0. The van der Waals surface area contributed by atoms with Gasteiger partial charge in [0.2, 0.25) is 5.91 Å². The first kappa shape index (κ1) is 20.0. The molecule has 0 radical (unpaired) electrons. The van der Waals surface area contributed by atoms with E-state index in [0.29, 0.717) is 19.0 Å². The molecule has 0 unspecified atom stereocenters. The molecule has 1 amide bonds. The van der Waals surface area contributed by atoms with Gasteiger partial charge in [-0.3, -0.25) is 14.4 Å². The Balaban J connectivity index is 1.72. The molecule has 146 valence electrons. The monoisotopic (exact) mass is 365 g/mol. The number of amides is 1. The smallest absolute Gasteiger partial charge is 0.345 e. The van der Waals surface area contributed by atoms with Crippen LogP contribution < -0.4 is 21.6 Å². The molecule has 0 aliphatic carbocycles. The molecule has 9 nitrogen and oxygen atoms in total. The highest BCUT2D eigenvalue weighted by Gasteiger charge is 2.16. The average Bonchev–Trinajstić information content (AvgIpc) is 2.89. The molecule has 0 bridgehead atoms. The number of aliphatic imine (C=N–C) groups is 1. The summed E-state index contributed by atoms with van der Waals surface area (Å²) in [5.74, 6) is 1.37. The number of nitrogens with zero attached hydrogens (tertiary/aromatic N) is 4. The standard InChI is InChI=1S/C17H31N7O2/c1-17(2,3)21-14(25)12-20-15(18-4)19-9-7-11-24-16(26)23-10-6-5-8-13(23)22-24/h5-12H2,1-4H3,(H,21,25)(H2,18,19,20). The van der Waals surface area contributed by atoms with E-state index in [1.165, 1.54) is 0 Å². The van der Waals surface area contributed by atoms with Crippen molar-refractivity contribution in [3.63, 3.8) is 0 Å². The molecule has 0 saturated carbocycles. The molecule has 1 aliphatic heterocycles. The van der Waals surface area contributed by atoms with E-state index in [1.54, 1.807) is 16.3 Å². The number of hydrogen-bond donors (Lipinski definition) is 3. The lowest BCUT2D eigenvalue weighted by molar-refractivity contribution is -0.121. The van der Waals surface area contributed by atoms with Crippen molar-refractivity contribution in [1.29, 1.82) is 0 Å². The lowest BCUT2D eigenvalue weighted by atomic mass is 10.1. The van der Waals surface area contributed by atoms with Crippen LogP contribution in [0.3, 0.4) is 0 Å². The van der Waals surface area contributed by atoms with Gasteiger partial charge in [0, 0.05) is 38.6 Å². The fraction of sp³-hybridized carbons (Fsp3) is 0.765. The van der Waals surface area contributed by atoms with Gasteiger partial charge in [-0.2, -0.15) is 5.10 Å². The molecule has 0 spiro atoms. The van der Waals surface area contributed by atoms with Crippen LogP contribution in [-0.4, -0.2) is 51.9 Å². The second kappa shape index (κ2) is 8.86. The molecule has 0 fully saturated rings. The van der Waals surface area contributed by atoms with Gasteiger partial charge in [0.05, 0.1) is 6.54 Å². The van der Waals surface area contributed by atoms with Crippen molar-refractivity contribution in [3.05, 3.63) is 16.3 Å². The zero-order chi connectivity index (χ0) is 19.2.